The highest BCUT2D eigenvalue weighted by Gasteiger charge is 2.40. The predicted molar refractivity (Wildman–Crippen MR) is 93.5 cm³/mol. The van der Waals surface area contributed by atoms with E-state index in [1.807, 2.05) is 17.0 Å². The number of halogens is 2. The number of benzene rings is 1. The maximum atomic E-state index is 12.3. The standard InChI is InChI=1S/C17H22Cl2N2O3/c18-14-2-1-13(15(19)11-14)3-6-20-12-16(22)21-7-4-17(5-8-21)23-9-10-24-17/h1-2,11,20H,3-10,12H2. The second-order valence-corrected chi connectivity index (χ2v) is 6.99. The van der Waals surface area contributed by atoms with Crippen LogP contribution in [0.5, 0.6) is 0 Å². The van der Waals surface area contributed by atoms with E-state index in [2.05, 4.69) is 5.32 Å². The van der Waals surface area contributed by atoms with E-state index < -0.39 is 5.79 Å². The Hall–Kier alpha value is -0.850. The molecule has 0 aliphatic carbocycles. The molecule has 1 amide bonds. The first-order valence-electron chi connectivity index (χ1n) is 8.28. The first-order chi connectivity index (χ1) is 11.6. The summed E-state index contributed by atoms with van der Waals surface area (Å²) in [6.45, 7) is 3.70. The SMILES string of the molecule is O=C(CNCCc1ccc(Cl)cc1Cl)N1CCC2(CC1)OCCO2. The van der Waals surface area contributed by atoms with Crippen molar-refractivity contribution >= 4 is 29.1 Å². The number of amides is 1. The number of rotatable bonds is 5. The smallest absolute Gasteiger partial charge is 0.236 e. The second-order valence-electron chi connectivity index (χ2n) is 6.15. The van der Waals surface area contributed by atoms with Crippen LogP contribution in [-0.2, 0) is 20.7 Å². The number of likely N-dealkylation sites (tertiary alicyclic amines) is 1. The van der Waals surface area contributed by atoms with Gasteiger partial charge in [0.1, 0.15) is 0 Å². The minimum atomic E-state index is -0.435. The first kappa shape index (κ1) is 18.0. The van der Waals surface area contributed by atoms with Crippen molar-refractivity contribution in [3.8, 4) is 0 Å². The van der Waals surface area contributed by atoms with E-state index in [1.165, 1.54) is 0 Å². The third kappa shape index (κ3) is 4.41. The van der Waals surface area contributed by atoms with E-state index in [9.17, 15) is 4.79 Å². The van der Waals surface area contributed by atoms with Crippen LogP contribution in [0.3, 0.4) is 0 Å². The molecule has 24 heavy (non-hydrogen) atoms. The van der Waals surface area contributed by atoms with Crippen LogP contribution in [0.25, 0.3) is 0 Å². The summed E-state index contributed by atoms with van der Waals surface area (Å²) < 4.78 is 11.4. The molecule has 0 aromatic heterocycles. The fourth-order valence-electron chi connectivity index (χ4n) is 3.14. The molecule has 3 rings (SSSR count). The van der Waals surface area contributed by atoms with Crippen molar-refractivity contribution in [1.29, 1.82) is 0 Å². The van der Waals surface area contributed by atoms with Gasteiger partial charge in [0, 0.05) is 36.0 Å². The Morgan fingerprint density at radius 3 is 2.58 bits per heavy atom. The van der Waals surface area contributed by atoms with E-state index >= 15 is 0 Å². The van der Waals surface area contributed by atoms with E-state index in [1.54, 1.807) is 6.07 Å². The minimum Gasteiger partial charge on any atom is -0.347 e. The van der Waals surface area contributed by atoms with Crippen molar-refractivity contribution in [3.63, 3.8) is 0 Å². The quantitative estimate of drug-likeness (QED) is 0.806. The van der Waals surface area contributed by atoms with Gasteiger partial charge in [-0.3, -0.25) is 4.79 Å². The third-order valence-electron chi connectivity index (χ3n) is 4.55. The third-order valence-corrected chi connectivity index (χ3v) is 5.14. The molecular formula is C17H22Cl2N2O3. The number of ether oxygens (including phenoxy) is 2. The van der Waals surface area contributed by atoms with Gasteiger partial charge < -0.3 is 19.7 Å². The number of nitrogens with one attached hydrogen (secondary N) is 1. The first-order valence-corrected chi connectivity index (χ1v) is 9.04. The van der Waals surface area contributed by atoms with E-state index in [0.29, 0.717) is 49.4 Å². The molecule has 0 atom stereocenters. The summed E-state index contributed by atoms with van der Waals surface area (Å²) in [6.07, 6.45) is 2.26. The average molecular weight is 373 g/mol. The van der Waals surface area contributed by atoms with Crippen molar-refractivity contribution in [2.45, 2.75) is 25.0 Å². The topological polar surface area (TPSA) is 50.8 Å². The molecule has 1 spiro atoms. The fourth-order valence-corrected chi connectivity index (χ4v) is 3.64. The Balaban J connectivity index is 1.37. The molecule has 5 nitrogen and oxygen atoms in total. The Morgan fingerprint density at radius 1 is 1.21 bits per heavy atom. The zero-order valence-electron chi connectivity index (χ0n) is 13.5. The van der Waals surface area contributed by atoms with Crippen LogP contribution in [-0.4, -0.2) is 56.0 Å². The molecule has 2 fully saturated rings. The van der Waals surface area contributed by atoms with Gasteiger partial charge in [-0.15, -0.1) is 0 Å². The van der Waals surface area contributed by atoms with Crippen molar-refractivity contribution in [1.82, 2.24) is 10.2 Å². The van der Waals surface area contributed by atoms with Gasteiger partial charge in [0.05, 0.1) is 19.8 Å². The van der Waals surface area contributed by atoms with Crippen molar-refractivity contribution in [3.05, 3.63) is 33.8 Å². The normalized spacial score (nSPS) is 19.8. The van der Waals surface area contributed by atoms with Crippen LogP contribution < -0.4 is 5.32 Å². The number of piperidine rings is 1. The maximum Gasteiger partial charge on any atom is 0.236 e. The summed E-state index contributed by atoms with van der Waals surface area (Å²) in [6, 6.07) is 5.48. The van der Waals surface area contributed by atoms with Gasteiger partial charge in [-0.2, -0.15) is 0 Å². The average Bonchev–Trinajstić information content (AvgIpc) is 3.02. The molecule has 2 heterocycles. The highest BCUT2D eigenvalue weighted by molar-refractivity contribution is 6.35. The Kier molecular flexibility index (Phi) is 6.00. The number of carbonyl (C=O) groups is 1. The molecule has 2 saturated heterocycles. The summed E-state index contributed by atoms with van der Waals surface area (Å²) in [7, 11) is 0. The largest absolute Gasteiger partial charge is 0.347 e. The fraction of sp³-hybridized carbons (Fsp3) is 0.588. The zero-order valence-corrected chi connectivity index (χ0v) is 15.0. The summed E-state index contributed by atoms with van der Waals surface area (Å²) in [4.78, 5) is 14.1. The van der Waals surface area contributed by atoms with Gasteiger partial charge in [0.15, 0.2) is 5.79 Å². The van der Waals surface area contributed by atoms with Gasteiger partial charge in [-0.1, -0.05) is 29.3 Å². The van der Waals surface area contributed by atoms with Crippen LogP contribution in [0.2, 0.25) is 10.0 Å². The molecule has 1 aromatic rings. The van der Waals surface area contributed by atoms with Crippen LogP contribution in [0.1, 0.15) is 18.4 Å². The Morgan fingerprint density at radius 2 is 1.92 bits per heavy atom. The van der Waals surface area contributed by atoms with Crippen LogP contribution in [0, 0.1) is 0 Å². The van der Waals surface area contributed by atoms with Crippen molar-refractivity contribution in [2.24, 2.45) is 0 Å². The molecule has 0 saturated carbocycles. The van der Waals surface area contributed by atoms with Crippen molar-refractivity contribution in [2.75, 3.05) is 39.4 Å². The summed E-state index contributed by atoms with van der Waals surface area (Å²) in [5.74, 6) is -0.319. The lowest BCUT2D eigenvalue weighted by Crippen LogP contribution is -2.49. The van der Waals surface area contributed by atoms with E-state index in [4.69, 9.17) is 32.7 Å². The molecular weight excluding hydrogens is 351 g/mol. The van der Waals surface area contributed by atoms with E-state index in [-0.39, 0.29) is 5.91 Å². The molecule has 2 aliphatic heterocycles. The zero-order chi connectivity index (χ0) is 17.0. The molecule has 0 unspecified atom stereocenters. The van der Waals surface area contributed by atoms with E-state index in [0.717, 1.165) is 24.8 Å². The van der Waals surface area contributed by atoms with Crippen molar-refractivity contribution < 1.29 is 14.3 Å². The number of hydrogen-bond donors (Lipinski definition) is 1. The molecule has 7 heteroatoms. The summed E-state index contributed by atoms with van der Waals surface area (Å²) >= 11 is 12.0. The highest BCUT2D eigenvalue weighted by atomic mass is 35.5. The number of hydrogen-bond acceptors (Lipinski definition) is 4. The monoisotopic (exact) mass is 372 g/mol. The Labute approximate surface area is 152 Å². The van der Waals surface area contributed by atoms with Crippen LogP contribution in [0.15, 0.2) is 18.2 Å². The lowest BCUT2D eigenvalue weighted by Gasteiger charge is -2.37. The minimum absolute atomic E-state index is 0.116. The molecule has 0 bridgehead atoms. The molecule has 132 valence electrons. The Bertz CT molecular complexity index is 581. The lowest BCUT2D eigenvalue weighted by atomic mass is 10.0. The summed E-state index contributed by atoms with van der Waals surface area (Å²) in [5.41, 5.74) is 1.02. The maximum absolute atomic E-state index is 12.3. The molecule has 1 N–H and O–H groups in total. The molecule has 1 aromatic carbocycles. The lowest BCUT2D eigenvalue weighted by molar-refractivity contribution is -0.187. The van der Waals surface area contributed by atoms with Gasteiger partial charge in [0.2, 0.25) is 5.91 Å². The van der Waals surface area contributed by atoms with Gasteiger partial charge >= 0.3 is 0 Å². The summed E-state index contributed by atoms with van der Waals surface area (Å²) in [5, 5.41) is 4.48. The highest BCUT2D eigenvalue weighted by Crippen LogP contribution is 2.31. The molecule has 0 radical (unpaired) electrons. The second kappa shape index (κ2) is 8.02. The molecule has 2 aliphatic rings. The van der Waals surface area contributed by atoms with Crippen LogP contribution in [0.4, 0.5) is 0 Å². The van der Waals surface area contributed by atoms with Gasteiger partial charge in [-0.05, 0) is 30.7 Å². The van der Waals surface area contributed by atoms with Crippen LogP contribution >= 0.6 is 23.2 Å². The number of carbonyl (C=O) groups excluding carboxylic acids is 1. The predicted octanol–water partition coefficient (Wildman–Crippen LogP) is 2.49. The number of nitrogens with zero attached hydrogens (tertiary/aromatic N) is 1. The van der Waals surface area contributed by atoms with Gasteiger partial charge in [-0.25, -0.2) is 0 Å². The van der Waals surface area contributed by atoms with Gasteiger partial charge in [0.25, 0.3) is 0 Å².